The van der Waals surface area contributed by atoms with Gasteiger partial charge < -0.3 is 14.7 Å². The van der Waals surface area contributed by atoms with E-state index >= 15 is 0 Å². The summed E-state index contributed by atoms with van der Waals surface area (Å²) in [7, 11) is -3.15. The molecule has 0 saturated carbocycles. The van der Waals surface area contributed by atoms with Crippen LogP contribution in [-0.2, 0) is 18.6 Å². The number of aliphatic hydroxyl groups is 1. The van der Waals surface area contributed by atoms with Gasteiger partial charge in [0.05, 0.1) is 19.0 Å². The number of H-pyrrole nitrogens is 1. The van der Waals surface area contributed by atoms with Gasteiger partial charge in [-0.25, -0.2) is 4.98 Å². The molecule has 3 N–H and O–H groups in total. The number of ether oxygens (including phenoxy) is 1. The number of carbonyl (C=O) groups is 1. The van der Waals surface area contributed by atoms with Crippen LogP contribution < -0.4 is 15.8 Å². The van der Waals surface area contributed by atoms with E-state index in [-0.39, 0.29) is 42.0 Å². The smallest absolute Gasteiger partial charge is 0.488 e. The standard InChI is InChI=1S/C14H18N5O7P/c1-6(2)11(21)17-14-16-10-9(12(22)18-14)15-5-19(10)13-8(26-27(23)24)3-7(4-20)25-13/h5-8,13,20H,3-4H2,1-2H3,(H2,16,17,18,21,22)/t7-,8-,13+/m0/s1. The van der Waals surface area contributed by atoms with Gasteiger partial charge in [-0.05, 0) is 4.57 Å². The third-order valence-electron chi connectivity index (χ3n) is 4.04. The fraction of sp³-hybridized carbons (Fsp3) is 0.571. The highest BCUT2D eigenvalue weighted by molar-refractivity contribution is 7.30. The first kappa shape index (κ1) is 19.5. The number of anilines is 1. The van der Waals surface area contributed by atoms with Gasteiger partial charge in [-0.15, -0.1) is 4.52 Å². The van der Waals surface area contributed by atoms with Gasteiger partial charge in [-0.3, -0.25) is 24.5 Å². The van der Waals surface area contributed by atoms with Crippen molar-refractivity contribution in [3.05, 3.63) is 16.7 Å². The zero-order valence-corrected chi connectivity index (χ0v) is 15.4. The number of fused-ring (bicyclic) bond motifs is 1. The second kappa shape index (κ2) is 7.79. The molecule has 1 unspecified atom stereocenters. The van der Waals surface area contributed by atoms with Crippen molar-refractivity contribution in [3.8, 4) is 0 Å². The van der Waals surface area contributed by atoms with Gasteiger partial charge in [0.2, 0.25) is 11.9 Å². The summed E-state index contributed by atoms with van der Waals surface area (Å²) in [4.78, 5) is 45.7. The summed E-state index contributed by atoms with van der Waals surface area (Å²) < 4.78 is 22.8. The van der Waals surface area contributed by atoms with Crippen LogP contribution in [0.25, 0.3) is 11.2 Å². The summed E-state index contributed by atoms with van der Waals surface area (Å²) >= 11 is 0. The normalized spacial score (nSPS) is 23.1. The van der Waals surface area contributed by atoms with E-state index in [2.05, 4.69) is 20.3 Å². The largest absolute Gasteiger partial charge is 0.566 e. The molecule has 0 bridgehead atoms. The zero-order chi connectivity index (χ0) is 19.7. The van der Waals surface area contributed by atoms with Gasteiger partial charge in [0.15, 0.2) is 23.5 Å². The molecule has 1 amide bonds. The highest BCUT2D eigenvalue weighted by Gasteiger charge is 2.41. The van der Waals surface area contributed by atoms with E-state index in [4.69, 9.17) is 9.26 Å². The van der Waals surface area contributed by atoms with E-state index in [0.29, 0.717) is 0 Å². The van der Waals surface area contributed by atoms with Crippen LogP contribution in [0.2, 0.25) is 0 Å². The Morgan fingerprint density at radius 3 is 3.00 bits per heavy atom. The molecule has 1 fully saturated rings. The van der Waals surface area contributed by atoms with Gasteiger partial charge in [-0.1, -0.05) is 13.8 Å². The third-order valence-corrected chi connectivity index (χ3v) is 4.49. The molecule has 1 aliphatic rings. The van der Waals surface area contributed by atoms with Crippen molar-refractivity contribution >= 4 is 31.3 Å². The molecule has 0 spiro atoms. The Morgan fingerprint density at radius 2 is 2.37 bits per heavy atom. The maximum atomic E-state index is 12.2. The lowest BCUT2D eigenvalue weighted by Crippen LogP contribution is -2.24. The van der Waals surface area contributed by atoms with Gasteiger partial charge in [0, 0.05) is 12.3 Å². The van der Waals surface area contributed by atoms with Crippen LogP contribution in [-0.4, -0.2) is 49.3 Å². The zero-order valence-electron chi connectivity index (χ0n) is 14.5. The second-order valence-electron chi connectivity index (χ2n) is 6.32. The molecule has 3 heterocycles. The summed E-state index contributed by atoms with van der Waals surface area (Å²) in [5.41, 5.74) is -0.517. The van der Waals surface area contributed by atoms with Crippen LogP contribution >= 0.6 is 8.25 Å². The van der Waals surface area contributed by atoms with Crippen molar-refractivity contribution in [1.82, 2.24) is 19.5 Å². The van der Waals surface area contributed by atoms with E-state index in [1.54, 1.807) is 13.8 Å². The van der Waals surface area contributed by atoms with Crippen LogP contribution in [0.3, 0.4) is 0 Å². The highest BCUT2D eigenvalue weighted by atomic mass is 31.1. The SMILES string of the molecule is CC(C)C(=O)Nc1nc2c(ncn2[C@@H]2O[C@H](CO)C[C@@H]2O[P+](=O)[O-])c(=O)[nH]1. The number of hydrogen-bond donors (Lipinski definition) is 3. The van der Waals surface area contributed by atoms with Gasteiger partial charge in [-0.2, -0.15) is 4.98 Å². The predicted molar refractivity (Wildman–Crippen MR) is 89.7 cm³/mol. The monoisotopic (exact) mass is 399 g/mol. The molecule has 0 aliphatic carbocycles. The Labute approximate surface area is 153 Å². The number of nitrogens with zero attached hydrogens (tertiary/aromatic N) is 3. The van der Waals surface area contributed by atoms with Crippen molar-refractivity contribution in [2.24, 2.45) is 5.92 Å². The molecular formula is C14H18N5O7P. The first-order valence-corrected chi connectivity index (χ1v) is 9.25. The molecule has 2 aromatic heterocycles. The van der Waals surface area contributed by atoms with Gasteiger partial charge >= 0.3 is 8.25 Å². The number of imidazole rings is 1. The van der Waals surface area contributed by atoms with Crippen LogP contribution in [0.5, 0.6) is 0 Å². The van der Waals surface area contributed by atoms with E-state index in [0.717, 1.165) is 0 Å². The number of aromatic amines is 1. The van der Waals surface area contributed by atoms with Crippen molar-refractivity contribution in [2.45, 2.75) is 38.7 Å². The maximum Gasteiger partial charge on any atom is 0.488 e. The first-order valence-electron chi connectivity index (χ1n) is 8.15. The second-order valence-corrected chi connectivity index (χ2v) is 6.97. The number of carbonyl (C=O) groups excluding carboxylic acids is 1. The minimum Gasteiger partial charge on any atom is -0.566 e. The van der Waals surface area contributed by atoms with Crippen molar-refractivity contribution in [3.63, 3.8) is 0 Å². The van der Waals surface area contributed by atoms with Crippen molar-refractivity contribution in [2.75, 3.05) is 11.9 Å². The van der Waals surface area contributed by atoms with Crippen LogP contribution in [0.15, 0.2) is 11.1 Å². The average molecular weight is 399 g/mol. The molecule has 12 nitrogen and oxygen atoms in total. The quantitative estimate of drug-likeness (QED) is 0.536. The predicted octanol–water partition coefficient (Wildman–Crippen LogP) is -0.603. The van der Waals surface area contributed by atoms with Crippen LogP contribution in [0.4, 0.5) is 5.95 Å². The topological polar surface area (TPSA) is 171 Å². The lowest BCUT2D eigenvalue weighted by molar-refractivity contribution is -0.192. The summed E-state index contributed by atoms with van der Waals surface area (Å²) in [5, 5.41) is 11.8. The van der Waals surface area contributed by atoms with Crippen molar-refractivity contribution in [1.29, 1.82) is 0 Å². The molecular weight excluding hydrogens is 381 g/mol. The molecule has 4 atom stereocenters. The Kier molecular flexibility index (Phi) is 5.63. The summed E-state index contributed by atoms with van der Waals surface area (Å²) in [6, 6.07) is 0. The Hall–Kier alpha value is -2.24. The van der Waals surface area contributed by atoms with Gasteiger partial charge in [0.1, 0.15) is 0 Å². The van der Waals surface area contributed by atoms with Gasteiger partial charge in [0.25, 0.3) is 5.56 Å². The average Bonchev–Trinajstić information content (AvgIpc) is 3.18. The molecule has 146 valence electrons. The Balaban J connectivity index is 2.01. The summed E-state index contributed by atoms with van der Waals surface area (Å²) in [5.74, 6) is -0.742. The molecule has 0 aromatic carbocycles. The minimum absolute atomic E-state index is 0.0149. The number of aliphatic hydroxyl groups excluding tert-OH is 1. The summed E-state index contributed by atoms with van der Waals surface area (Å²) in [6.07, 6.45) is -1.14. The highest BCUT2D eigenvalue weighted by Crippen LogP contribution is 2.36. The lowest BCUT2D eigenvalue weighted by atomic mass is 10.2. The first-order chi connectivity index (χ1) is 12.8. The Morgan fingerprint density at radius 1 is 1.63 bits per heavy atom. The minimum atomic E-state index is -3.15. The van der Waals surface area contributed by atoms with Crippen LogP contribution in [0, 0.1) is 5.92 Å². The molecule has 27 heavy (non-hydrogen) atoms. The fourth-order valence-electron chi connectivity index (χ4n) is 2.72. The molecule has 13 heteroatoms. The van der Waals surface area contributed by atoms with Crippen molar-refractivity contribution < 1.29 is 28.6 Å². The van der Waals surface area contributed by atoms with E-state index in [9.17, 15) is 24.2 Å². The number of amides is 1. The number of hydrogen-bond acceptors (Lipinski definition) is 9. The van der Waals surface area contributed by atoms with Crippen LogP contribution in [0.1, 0.15) is 26.5 Å². The number of aromatic nitrogens is 4. The summed E-state index contributed by atoms with van der Waals surface area (Å²) in [6.45, 7) is 3.04. The molecule has 3 rings (SSSR count). The molecule has 1 aliphatic heterocycles. The maximum absolute atomic E-state index is 12.2. The number of rotatable bonds is 6. The third kappa shape index (κ3) is 4.04. The molecule has 1 saturated heterocycles. The van der Waals surface area contributed by atoms with E-state index in [1.807, 2.05) is 0 Å². The molecule has 0 radical (unpaired) electrons. The molecule has 2 aromatic rings. The van der Waals surface area contributed by atoms with E-state index < -0.39 is 32.2 Å². The Bertz CT molecular complexity index is 926. The van der Waals surface area contributed by atoms with E-state index in [1.165, 1.54) is 10.9 Å². The fourth-order valence-corrected chi connectivity index (χ4v) is 3.13. The lowest BCUT2D eigenvalue weighted by Gasteiger charge is -2.17. The number of nitrogens with one attached hydrogen (secondary N) is 2.